The first-order valence-electron chi connectivity index (χ1n) is 6.95. The van der Waals surface area contributed by atoms with Crippen LogP contribution in [-0.2, 0) is 24.7 Å². The van der Waals surface area contributed by atoms with Crippen molar-refractivity contribution in [3.8, 4) is 0 Å². The zero-order valence-electron chi connectivity index (χ0n) is 12.4. The highest BCUT2D eigenvalue weighted by Crippen LogP contribution is 2.20. The molecule has 1 saturated heterocycles. The van der Waals surface area contributed by atoms with E-state index in [0.717, 1.165) is 0 Å². The van der Waals surface area contributed by atoms with Gasteiger partial charge in [-0.25, -0.2) is 0 Å². The molecule has 1 aromatic carbocycles. The summed E-state index contributed by atoms with van der Waals surface area (Å²) in [5.74, 6) is -1.36. The summed E-state index contributed by atoms with van der Waals surface area (Å²) in [6, 6.07) is 8.75. The molecule has 3 N–H and O–H groups in total. The van der Waals surface area contributed by atoms with Crippen molar-refractivity contribution in [1.29, 1.82) is 0 Å². The Balaban J connectivity index is 2.09. The third kappa shape index (κ3) is 3.43. The van der Waals surface area contributed by atoms with Crippen LogP contribution in [0.1, 0.15) is 12.5 Å². The van der Waals surface area contributed by atoms with Crippen LogP contribution in [-0.4, -0.2) is 48.9 Å². The molecule has 0 radical (unpaired) electrons. The van der Waals surface area contributed by atoms with Crippen LogP contribution in [0.25, 0.3) is 0 Å². The average Bonchev–Trinajstić information content (AvgIpc) is 2.50. The van der Waals surface area contributed by atoms with Gasteiger partial charge in [-0.3, -0.25) is 14.4 Å². The van der Waals surface area contributed by atoms with E-state index < -0.39 is 17.4 Å². The maximum absolute atomic E-state index is 12.2. The maximum atomic E-state index is 12.2. The molecule has 1 unspecified atom stereocenters. The Morgan fingerprint density at radius 2 is 2.05 bits per heavy atom. The summed E-state index contributed by atoms with van der Waals surface area (Å²) in [7, 11) is 0. The first-order chi connectivity index (χ1) is 10.4. The molecule has 0 aromatic heterocycles. The lowest BCUT2D eigenvalue weighted by atomic mass is 9.91. The molecule has 1 fully saturated rings. The molecule has 2 rings (SSSR count). The second-order valence-electron chi connectivity index (χ2n) is 5.27. The molecular formula is C15H19N3O4. The number of carbonyl (C=O) groups excluding carboxylic acids is 3. The Morgan fingerprint density at radius 3 is 2.64 bits per heavy atom. The van der Waals surface area contributed by atoms with Gasteiger partial charge < -0.3 is 20.7 Å². The van der Waals surface area contributed by atoms with Gasteiger partial charge in [0.1, 0.15) is 12.1 Å². The second-order valence-corrected chi connectivity index (χ2v) is 5.27. The topological polar surface area (TPSA) is 102 Å². The Hall–Kier alpha value is -2.41. The molecule has 118 valence electrons. The minimum absolute atomic E-state index is 0.0287. The number of nitrogens with zero attached hydrogens (tertiary/aromatic N) is 1. The number of morpholine rings is 1. The van der Waals surface area contributed by atoms with Crippen molar-refractivity contribution in [3.05, 3.63) is 35.9 Å². The first-order valence-corrected chi connectivity index (χ1v) is 6.95. The van der Waals surface area contributed by atoms with Crippen LogP contribution in [0.3, 0.4) is 0 Å². The molecule has 3 amide bonds. The van der Waals surface area contributed by atoms with Gasteiger partial charge in [0.2, 0.25) is 17.7 Å². The van der Waals surface area contributed by atoms with E-state index in [0.29, 0.717) is 18.7 Å². The van der Waals surface area contributed by atoms with Crippen molar-refractivity contribution in [2.24, 2.45) is 5.73 Å². The Kier molecular flexibility index (Phi) is 4.77. The van der Waals surface area contributed by atoms with Crippen LogP contribution < -0.4 is 11.1 Å². The SMILES string of the molecule is CC(NC(=O)CN1CCOCC1=O)(C(N)=O)c1ccccc1. The molecular weight excluding hydrogens is 286 g/mol. The maximum Gasteiger partial charge on any atom is 0.249 e. The van der Waals surface area contributed by atoms with Gasteiger partial charge in [0, 0.05) is 6.54 Å². The quantitative estimate of drug-likeness (QED) is 0.755. The number of carbonyl (C=O) groups is 3. The molecule has 7 heteroatoms. The van der Waals surface area contributed by atoms with E-state index in [1.54, 1.807) is 37.3 Å². The van der Waals surface area contributed by atoms with Crippen LogP contribution in [0.15, 0.2) is 30.3 Å². The summed E-state index contributed by atoms with van der Waals surface area (Å²) < 4.78 is 5.00. The van der Waals surface area contributed by atoms with E-state index in [-0.39, 0.29) is 19.1 Å². The monoisotopic (exact) mass is 305 g/mol. The number of hydrogen-bond donors (Lipinski definition) is 2. The van der Waals surface area contributed by atoms with Crippen LogP contribution in [0.5, 0.6) is 0 Å². The number of nitrogens with two attached hydrogens (primary N) is 1. The fourth-order valence-electron chi connectivity index (χ4n) is 2.26. The number of ether oxygens (including phenoxy) is 1. The van der Waals surface area contributed by atoms with Crippen molar-refractivity contribution < 1.29 is 19.1 Å². The molecule has 7 nitrogen and oxygen atoms in total. The van der Waals surface area contributed by atoms with Crippen LogP contribution in [0.4, 0.5) is 0 Å². The largest absolute Gasteiger partial charge is 0.370 e. The highest BCUT2D eigenvalue weighted by molar-refractivity contribution is 5.93. The smallest absolute Gasteiger partial charge is 0.249 e. The Morgan fingerprint density at radius 1 is 1.36 bits per heavy atom. The fraction of sp³-hybridized carbons (Fsp3) is 0.400. The minimum atomic E-state index is -1.33. The first kappa shape index (κ1) is 16.0. The van der Waals surface area contributed by atoms with Crippen LogP contribution in [0, 0.1) is 0 Å². The van der Waals surface area contributed by atoms with E-state index in [9.17, 15) is 14.4 Å². The average molecular weight is 305 g/mol. The van der Waals surface area contributed by atoms with E-state index in [1.165, 1.54) is 4.90 Å². The highest BCUT2D eigenvalue weighted by Gasteiger charge is 2.35. The second kappa shape index (κ2) is 6.57. The third-order valence-electron chi connectivity index (χ3n) is 3.65. The van der Waals surface area contributed by atoms with Gasteiger partial charge in [-0.15, -0.1) is 0 Å². The lowest BCUT2D eigenvalue weighted by Crippen LogP contribution is -2.56. The van der Waals surface area contributed by atoms with Crippen molar-refractivity contribution >= 4 is 17.7 Å². The molecule has 1 aliphatic heterocycles. The lowest BCUT2D eigenvalue weighted by Gasteiger charge is -2.31. The number of primary amides is 1. The molecule has 0 spiro atoms. The number of nitrogens with one attached hydrogen (secondary N) is 1. The summed E-state index contributed by atoms with van der Waals surface area (Å²) in [5, 5.41) is 2.63. The molecule has 0 bridgehead atoms. The van der Waals surface area contributed by atoms with Gasteiger partial charge in [0.25, 0.3) is 0 Å². The Bertz CT molecular complexity index is 575. The van der Waals surface area contributed by atoms with Gasteiger partial charge in [0.05, 0.1) is 13.2 Å². The van der Waals surface area contributed by atoms with Crippen LogP contribution in [0.2, 0.25) is 0 Å². The van der Waals surface area contributed by atoms with E-state index in [4.69, 9.17) is 10.5 Å². The van der Waals surface area contributed by atoms with E-state index in [1.807, 2.05) is 0 Å². The van der Waals surface area contributed by atoms with Crippen molar-refractivity contribution in [2.45, 2.75) is 12.5 Å². The summed E-state index contributed by atoms with van der Waals surface area (Å²) in [6.07, 6.45) is 0. The molecule has 0 saturated carbocycles. The minimum Gasteiger partial charge on any atom is -0.370 e. The predicted molar refractivity (Wildman–Crippen MR) is 78.5 cm³/mol. The number of benzene rings is 1. The number of rotatable bonds is 5. The molecule has 1 aliphatic rings. The summed E-state index contributed by atoms with van der Waals surface area (Å²) in [6.45, 7) is 2.14. The summed E-state index contributed by atoms with van der Waals surface area (Å²) in [5.41, 5.74) is 4.72. The van der Waals surface area contributed by atoms with Crippen molar-refractivity contribution in [3.63, 3.8) is 0 Å². The standard InChI is InChI=1S/C15H19N3O4/c1-15(14(16)21,11-5-3-2-4-6-11)17-12(19)9-18-7-8-22-10-13(18)20/h2-6H,7-10H2,1H3,(H2,16,21)(H,17,19). The highest BCUT2D eigenvalue weighted by atomic mass is 16.5. The number of hydrogen-bond acceptors (Lipinski definition) is 4. The van der Waals surface area contributed by atoms with Gasteiger partial charge in [-0.2, -0.15) is 0 Å². The van der Waals surface area contributed by atoms with Crippen molar-refractivity contribution in [1.82, 2.24) is 10.2 Å². The Labute approximate surface area is 128 Å². The van der Waals surface area contributed by atoms with E-state index >= 15 is 0 Å². The van der Waals surface area contributed by atoms with Gasteiger partial charge >= 0.3 is 0 Å². The predicted octanol–water partition coefficient (Wildman–Crippen LogP) is -0.638. The van der Waals surface area contributed by atoms with Gasteiger partial charge in [-0.05, 0) is 12.5 Å². The summed E-state index contributed by atoms with van der Waals surface area (Å²) >= 11 is 0. The number of amides is 3. The normalized spacial score (nSPS) is 17.7. The van der Waals surface area contributed by atoms with Gasteiger partial charge in [-0.1, -0.05) is 30.3 Å². The molecule has 22 heavy (non-hydrogen) atoms. The zero-order valence-corrected chi connectivity index (χ0v) is 12.4. The summed E-state index contributed by atoms with van der Waals surface area (Å²) in [4.78, 5) is 37.0. The van der Waals surface area contributed by atoms with Crippen molar-refractivity contribution in [2.75, 3.05) is 26.3 Å². The van der Waals surface area contributed by atoms with Crippen LogP contribution >= 0.6 is 0 Å². The third-order valence-corrected chi connectivity index (χ3v) is 3.65. The van der Waals surface area contributed by atoms with E-state index in [2.05, 4.69) is 5.32 Å². The van der Waals surface area contributed by atoms with Gasteiger partial charge in [0.15, 0.2) is 0 Å². The zero-order chi connectivity index (χ0) is 16.2. The molecule has 1 heterocycles. The molecule has 1 atom stereocenters. The fourth-order valence-corrected chi connectivity index (χ4v) is 2.26. The molecule has 0 aliphatic carbocycles. The lowest BCUT2D eigenvalue weighted by molar-refractivity contribution is -0.146. The molecule has 1 aromatic rings.